The molecule has 1 fully saturated rings. The molecule has 1 aliphatic heterocycles. The van der Waals surface area contributed by atoms with E-state index in [2.05, 4.69) is 6.92 Å². The zero-order chi connectivity index (χ0) is 12.7. The number of carbonyl (C=O) groups excluding carboxylic acids is 1. The van der Waals surface area contributed by atoms with Crippen LogP contribution in [0.1, 0.15) is 52.9 Å². The van der Waals surface area contributed by atoms with Crippen molar-refractivity contribution < 1.29 is 19.0 Å². The molecule has 0 unspecified atom stereocenters. The van der Waals surface area contributed by atoms with Crippen molar-refractivity contribution in [3.63, 3.8) is 0 Å². The van der Waals surface area contributed by atoms with Gasteiger partial charge < -0.3 is 14.2 Å². The lowest BCUT2D eigenvalue weighted by Crippen LogP contribution is -2.25. The van der Waals surface area contributed by atoms with Crippen LogP contribution in [0, 0.1) is 0 Å². The number of ether oxygens (including phenoxy) is 3. The van der Waals surface area contributed by atoms with Crippen LogP contribution < -0.4 is 0 Å². The molecule has 1 rings (SSSR count). The first-order valence-corrected chi connectivity index (χ1v) is 6.51. The highest BCUT2D eigenvalue weighted by Crippen LogP contribution is 2.22. The molecule has 1 atom stereocenters. The van der Waals surface area contributed by atoms with Crippen LogP contribution >= 0.6 is 0 Å². The van der Waals surface area contributed by atoms with E-state index in [1.807, 2.05) is 13.8 Å². The van der Waals surface area contributed by atoms with E-state index in [0.717, 1.165) is 12.8 Å². The Balaban J connectivity index is 2.04. The summed E-state index contributed by atoms with van der Waals surface area (Å²) in [6.07, 6.45) is 4.77. The Morgan fingerprint density at radius 2 is 2.12 bits per heavy atom. The van der Waals surface area contributed by atoms with Gasteiger partial charge in [-0.3, -0.25) is 4.79 Å². The van der Waals surface area contributed by atoms with Gasteiger partial charge in [-0.25, -0.2) is 0 Å². The number of hydrogen-bond donors (Lipinski definition) is 0. The van der Waals surface area contributed by atoms with Crippen LogP contribution in [0.2, 0.25) is 0 Å². The van der Waals surface area contributed by atoms with Gasteiger partial charge in [0.05, 0.1) is 6.61 Å². The molecule has 0 aromatic rings. The van der Waals surface area contributed by atoms with Crippen molar-refractivity contribution in [1.29, 1.82) is 0 Å². The first-order chi connectivity index (χ1) is 8.03. The van der Waals surface area contributed by atoms with Gasteiger partial charge in [0.25, 0.3) is 0 Å². The lowest BCUT2D eigenvalue weighted by Gasteiger charge is -2.16. The van der Waals surface area contributed by atoms with E-state index in [-0.39, 0.29) is 12.1 Å². The Bertz CT molecular complexity index is 238. The minimum atomic E-state index is -0.543. The second-order valence-corrected chi connectivity index (χ2v) is 4.94. The molecule has 0 aliphatic carbocycles. The zero-order valence-electron chi connectivity index (χ0n) is 11.2. The van der Waals surface area contributed by atoms with Crippen molar-refractivity contribution in [1.82, 2.24) is 0 Å². The molecule has 1 saturated heterocycles. The van der Waals surface area contributed by atoms with E-state index in [1.165, 1.54) is 12.8 Å². The highest BCUT2D eigenvalue weighted by molar-refractivity contribution is 5.69. The van der Waals surface area contributed by atoms with Gasteiger partial charge in [0.2, 0.25) is 0 Å². The standard InChI is InChI=1S/C13H24O4/c1-4-5-6-7-8-12(14)15-9-11-10-16-13(2,3)17-11/h11H,4-10H2,1-3H3/t11-/m1/s1. The van der Waals surface area contributed by atoms with Gasteiger partial charge in [0, 0.05) is 6.42 Å². The SMILES string of the molecule is CCCCCCC(=O)OC[C@@H]1COC(C)(C)O1. The van der Waals surface area contributed by atoms with Gasteiger partial charge in [0.1, 0.15) is 12.7 Å². The van der Waals surface area contributed by atoms with Crippen molar-refractivity contribution in [2.24, 2.45) is 0 Å². The van der Waals surface area contributed by atoms with Gasteiger partial charge in [-0.15, -0.1) is 0 Å². The third-order valence-electron chi connectivity index (χ3n) is 2.73. The summed E-state index contributed by atoms with van der Waals surface area (Å²) in [5.74, 6) is -0.674. The molecule has 0 bridgehead atoms. The van der Waals surface area contributed by atoms with Gasteiger partial charge >= 0.3 is 5.97 Å². The van der Waals surface area contributed by atoms with Crippen molar-refractivity contribution in [2.45, 2.75) is 64.8 Å². The molecular formula is C13H24O4. The smallest absolute Gasteiger partial charge is 0.305 e. The normalized spacial score (nSPS) is 22.6. The first-order valence-electron chi connectivity index (χ1n) is 6.51. The number of carbonyl (C=O) groups is 1. The minimum Gasteiger partial charge on any atom is -0.463 e. The molecule has 0 saturated carbocycles. The maximum absolute atomic E-state index is 11.4. The largest absolute Gasteiger partial charge is 0.463 e. The predicted octanol–water partition coefficient (Wildman–Crippen LogP) is 2.65. The van der Waals surface area contributed by atoms with Gasteiger partial charge in [0.15, 0.2) is 5.79 Å². The Kier molecular flexibility index (Phi) is 5.92. The summed E-state index contributed by atoms with van der Waals surface area (Å²) < 4.78 is 16.1. The lowest BCUT2D eigenvalue weighted by atomic mass is 10.2. The number of hydrogen-bond acceptors (Lipinski definition) is 4. The fraction of sp³-hybridized carbons (Fsp3) is 0.923. The van der Waals surface area contributed by atoms with Crippen LogP contribution in [-0.4, -0.2) is 31.1 Å². The molecule has 0 N–H and O–H groups in total. The maximum atomic E-state index is 11.4. The first kappa shape index (κ1) is 14.5. The lowest BCUT2D eigenvalue weighted by molar-refractivity contribution is -0.158. The monoisotopic (exact) mass is 244 g/mol. The van der Waals surface area contributed by atoms with Crippen molar-refractivity contribution in [3.05, 3.63) is 0 Å². The summed E-state index contributed by atoms with van der Waals surface area (Å²) in [5.41, 5.74) is 0. The summed E-state index contributed by atoms with van der Waals surface area (Å²) in [5, 5.41) is 0. The topological polar surface area (TPSA) is 44.8 Å². The van der Waals surface area contributed by atoms with Crippen molar-refractivity contribution in [2.75, 3.05) is 13.2 Å². The molecule has 0 radical (unpaired) electrons. The Morgan fingerprint density at radius 1 is 1.35 bits per heavy atom. The van der Waals surface area contributed by atoms with Crippen LogP contribution in [-0.2, 0) is 19.0 Å². The molecule has 17 heavy (non-hydrogen) atoms. The third kappa shape index (κ3) is 6.03. The van der Waals surface area contributed by atoms with E-state index < -0.39 is 5.79 Å². The molecule has 4 nitrogen and oxygen atoms in total. The Labute approximate surface area is 104 Å². The minimum absolute atomic E-state index is 0.121. The van der Waals surface area contributed by atoms with Gasteiger partial charge in [-0.1, -0.05) is 26.2 Å². The average molecular weight is 244 g/mol. The molecule has 1 aliphatic rings. The fourth-order valence-corrected chi connectivity index (χ4v) is 1.80. The summed E-state index contributed by atoms with van der Waals surface area (Å²) in [7, 11) is 0. The molecule has 0 aromatic heterocycles. The molecule has 0 amide bonds. The van der Waals surface area contributed by atoms with Gasteiger partial charge in [-0.2, -0.15) is 0 Å². The van der Waals surface area contributed by atoms with E-state index >= 15 is 0 Å². The summed E-state index contributed by atoms with van der Waals surface area (Å²) in [6, 6.07) is 0. The molecule has 1 heterocycles. The summed E-state index contributed by atoms with van der Waals surface area (Å²) >= 11 is 0. The molecular weight excluding hydrogens is 220 g/mol. The van der Waals surface area contributed by atoms with Crippen molar-refractivity contribution in [3.8, 4) is 0 Å². The van der Waals surface area contributed by atoms with E-state index in [0.29, 0.717) is 19.6 Å². The van der Waals surface area contributed by atoms with E-state index in [1.54, 1.807) is 0 Å². The number of unbranched alkanes of at least 4 members (excludes halogenated alkanes) is 3. The number of esters is 1. The average Bonchev–Trinajstić information content (AvgIpc) is 2.62. The molecule has 100 valence electrons. The van der Waals surface area contributed by atoms with Crippen LogP contribution in [0.15, 0.2) is 0 Å². The number of rotatable bonds is 7. The quantitative estimate of drug-likeness (QED) is 0.510. The summed E-state index contributed by atoms with van der Waals surface area (Å²) in [4.78, 5) is 11.4. The van der Waals surface area contributed by atoms with Crippen LogP contribution in [0.4, 0.5) is 0 Å². The highest BCUT2D eigenvalue weighted by Gasteiger charge is 2.33. The summed E-state index contributed by atoms with van der Waals surface area (Å²) in [6.45, 7) is 6.67. The van der Waals surface area contributed by atoms with Crippen LogP contribution in [0.3, 0.4) is 0 Å². The van der Waals surface area contributed by atoms with E-state index in [4.69, 9.17) is 14.2 Å². The molecule has 0 spiro atoms. The fourth-order valence-electron chi connectivity index (χ4n) is 1.80. The predicted molar refractivity (Wildman–Crippen MR) is 64.6 cm³/mol. The highest BCUT2D eigenvalue weighted by atomic mass is 16.7. The second-order valence-electron chi connectivity index (χ2n) is 4.94. The van der Waals surface area contributed by atoms with Crippen LogP contribution in [0.5, 0.6) is 0 Å². The molecule has 0 aromatic carbocycles. The molecule has 4 heteroatoms. The van der Waals surface area contributed by atoms with Gasteiger partial charge in [-0.05, 0) is 20.3 Å². The second kappa shape index (κ2) is 6.97. The zero-order valence-corrected chi connectivity index (χ0v) is 11.2. The Hall–Kier alpha value is -0.610. The Morgan fingerprint density at radius 3 is 2.71 bits per heavy atom. The van der Waals surface area contributed by atoms with Crippen LogP contribution in [0.25, 0.3) is 0 Å². The third-order valence-corrected chi connectivity index (χ3v) is 2.73. The van der Waals surface area contributed by atoms with Crippen molar-refractivity contribution >= 4 is 5.97 Å². The maximum Gasteiger partial charge on any atom is 0.305 e. The van der Waals surface area contributed by atoms with E-state index in [9.17, 15) is 4.79 Å².